The number of aromatic nitrogens is 4. The minimum atomic E-state index is 0.400. The third kappa shape index (κ3) is 5.12. The molecule has 0 saturated carbocycles. The summed E-state index contributed by atoms with van der Waals surface area (Å²) in [6.07, 6.45) is 3.42. The van der Waals surface area contributed by atoms with Gasteiger partial charge in [0.15, 0.2) is 17.3 Å². The predicted molar refractivity (Wildman–Crippen MR) is 130 cm³/mol. The largest absolute Gasteiger partial charge is 0.493 e. The van der Waals surface area contributed by atoms with Crippen molar-refractivity contribution in [2.45, 2.75) is 13.2 Å². The second kappa shape index (κ2) is 10.2. The van der Waals surface area contributed by atoms with Crippen molar-refractivity contribution in [3.8, 4) is 22.9 Å². The Labute approximate surface area is 203 Å². The first-order valence-electron chi connectivity index (χ1n) is 9.60. The van der Waals surface area contributed by atoms with Gasteiger partial charge in [-0.3, -0.25) is 4.98 Å². The number of hydrogen-bond donors (Lipinski definition) is 2. The van der Waals surface area contributed by atoms with Crippen LogP contribution in [0.4, 0.5) is 0 Å². The molecule has 0 fully saturated rings. The highest BCUT2D eigenvalue weighted by molar-refractivity contribution is 9.10. The minimum absolute atomic E-state index is 0.400. The van der Waals surface area contributed by atoms with Gasteiger partial charge < -0.3 is 14.9 Å². The summed E-state index contributed by atoms with van der Waals surface area (Å²) in [7, 11) is 1.61. The molecule has 7 nitrogen and oxygen atoms in total. The summed E-state index contributed by atoms with van der Waals surface area (Å²) in [5, 5.41) is 7.83. The maximum Gasteiger partial charge on any atom is 0.214 e. The maximum atomic E-state index is 5.97. The molecule has 0 aliphatic carbocycles. The lowest BCUT2D eigenvalue weighted by Gasteiger charge is -2.16. The van der Waals surface area contributed by atoms with Gasteiger partial charge in [0.1, 0.15) is 6.61 Å². The Bertz CT molecular complexity index is 1260. The van der Waals surface area contributed by atoms with Crippen molar-refractivity contribution in [2.24, 2.45) is 0 Å². The van der Waals surface area contributed by atoms with E-state index in [2.05, 4.69) is 36.5 Å². The van der Waals surface area contributed by atoms with E-state index < -0.39 is 0 Å². The van der Waals surface area contributed by atoms with Gasteiger partial charge in [-0.15, -0.1) is 0 Å². The van der Waals surface area contributed by atoms with Crippen LogP contribution >= 0.6 is 39.7 Å². The summed E-state index contributed by atoms with van der Waals surface area (Å²) in [5.74, 6) is 1.93. The molecule has 164 valence electrons. The van der Waals surface area contributed by atoms with Crippen molar-refractivity contribution < 1.29 is 9.47 Å². The molecule has 4 aromatic rings. The smallest absolute Gasteiger partial charge is 0.214 e. The number of nitrogens with one attached hydrogen (secondary N) is 2. The molecule has 32 heavy (non-hydrogen) atoms. The van der Waals surface area contributed by atoms with Crippen LogP contribution in [0.25, 0.3) is 11.4 Å². The lowest BCUT2D eigenvalue weighted by molar-refractivity contribution is 0.284. The Kier molecular flexibility index (Phi) is 7.09. The minimum Gasteiger partial charge on any atom is -0.493 e. The number of rotatable bonds is 8. The topological polar surface area (TPSA) is 77.0 Å². The van der Waals surface area contributed by atoms with Gasteiger partial charge in [-0.1, -0.05) is 39.7 Å². The number of hydrogen-bond acceptors (Lipinski definition) is 6. The Morgan fingerprint density at radius 2 is 1.88 bits per heavy atom. The summed E-state index contributed by atoms with van der Waals surface area (Å²) >= 11 is 15.0. The second-order valence-corrected chi connectivity index (χ2v) is 8.45. The van der Waals surface area contributed by atoms with E-state index in [1.54, 1.807) is 24.2 Å². The summed E-state index contributed by atoms with van der Waals surface area (Å²) in [4.78, 5) is 4.05. The van der Waals surface area contributed by atoms with Gasteiger partial charge in [0, 0.05) is 27.5 Å². The number of aromatic amines is 1. The fourth-order valence-corrected chi connectivity index (χ4v) is 3.81. The van der Waals surface area contributed by atoms with Crippen LogP contribution in [0, 0.1) is 4.77 Å². The average Bonchev–Trinajstić information content (AvgIpc) is 3.18. The molecule has 0 bridgehead atoms. The molecule has 0 saturated heterocycles. The van der Waals surface area contributed by atoms with Crippen molar-refractivity contribution in [3.05, 3.63) is 86.3 Å². The molecule has 0 aliphatic rings. The Morgan fingerprint density at radius 1 is 1.12 bits per heavy atom. The van der Waals surface area contributed by atoms with E-state index in [-0.39, 0.29) is 0 Å². The number of halogens is 2. The molecular weight excluding hydrogens is 514 g/mol. The van der Waals surface area contributed by atoms with E-state index in [4.69, 9.17) is 33.3 Å². The monoisotopic (exact) mass is 531 g/mol. The van der Waals surface area contributed by atoms with Crippen LogP contribution < -0.4 is 14.9 Å². The number of nitrogens with zero attached hydrogens (tertiary/aromatic N) is 3. The van der Waals surface area contributed by atoms with Crippen LogP contribution in [0.15, 0.2) is 65.4 Å². The number of ether oxygens (including phenoxy) is 2. The SMILES string of the molecule is COc1cc(CNn2c(-c3ccncc3)n[nH]c2=S)c(Br)cc1OCc1ccc(Cl)cc1. The molecule has 4 rings (SSSR count). The van der Waals surface area contributed by atoms with Crippen LogP contribution in [-0.4, -0.2) is 27.0 Å². The van der Waals surface area contributed by atoms with Gasteiger partial charge in [-0.05, 0) is 59.7 Å². The highest BCUT2D eigenvalue weighted by Gasteiger charge is 2.13. The van der Waals surface area contributed by atoms with Gasteiger partial charge in [-0.2, -0.15) is 5.10 Å². The quantitative estimate of drug-likeness (QED) is 0.281. The zero-order chi connectivity index (χ0) is 22.5. The zero-order valence-corrected chi connectivity index (χ0v) is 20.2. The van der Waals surface area contributed by atoms with Crippen LogP contribution in [0.1, 0.15) is 11.1 Å². The molecule has 0 aliphatic heterocycles. The van der Waals surface area contributed by atoms with E-state index >= 15 is 0 Å². The summed E-state index contributed by atoms with van der Waals surface area (Å²) in [6.45, 7) is 0.872. The fourth-order valence-electron chi connectivity index (χ4n) is 3.03. The van der Waals surface area contributed by atoms with Crippen LogP contribution in [-0.2, 0) is 13.2 Å². The second-order valence-electron chi connectivity index (χ2n) is 6.77. The number of methoxy groups -OCH3 is 1. The highest BCUT2D eigenvalue weighted by Crippen LogP contribution is 2.34. The first-order valence-corrected chi connectivity index (χ1v) is 11.2. The summed E-state index contributed by atoms with van der Waals surface area (Å²) < 4.78 is 14.6. The van der Waals surface area contributed by atoms with E-state index in [9.17, 15) is 0 Å². The third-order valence-corrected chi connectivity index (χ3v) is 5.94. The molecule has 2 aromatic heterocycles. The van der Waals surface area contributed by atoms with E-state index in [0.29, 0.717) is 40.3 Å². The lowest BCUT2D eigenvalue weighted by atomic mass is 10.2. The van der Waals surface area contributed by atoms with E-state index in [1.807, 2.05) is 48.5 Å². The lowest BCUT2D eigenvalue weighted by Crippen LogP contribution is -2.16. The molecular formula is C22H19BrClN5O2S. The Balaban J connectivity index is 1.51. The van der Waals surface area contributed by atoms with Gasteiger partial charge in [0.2, 0.25) is 4.77 Å². The molecule has 0 spiro atoms. The first-order chi connectivity index (χ1) is 15.5. The third-order valence-electron chi connectivity index (χ3n) is 4.68. The van der Waals surface area contributed by atoms with Crippen molar-refractivity contribution in [3.63, 3.8) is 0 Å². The molecule has 2 heterocycles. The molecule has 2 aromatic carbocycles. The van der Waals surface area contributed by atoms with Crippen LogP contribution in [0.2, 0.25) is 5.02 Å². The highest BCUT2D eigenvalue weighted by atomic mass is 79.9. The van der Waals surface area contributed by atoms with Crippen molar-refractivity contribution in [1.29, 1.82) is 0 Å². The van der Waals surface area contributed by atoms with Crippen LogP contribution in [0.3, 0.4) is 0 Å². The molecule has 10 heteroatoms. The fraction of sp³-hybridized carbons (Fsp3) is 0.136. The van der Waals surface area contributed by atoms with Gasteiger partial charge in [0.05, 0.1) is 13.7 Å². The van der Waals surface area contributed by atoms with Crippen molar-refractivity contribution >= 4 is 39.7 Å². The Hall–Kier alpha value is -2.88. The van der Waals surface area contributed by atoms with E-state index in [1.165, 1.54) is 0 Å². The molecule has 0 radical (unpaired) electrons. The molecule has 0 unspecified atom stereocenters. The predicted octanol–water partition coefficient (Wildman–Crippen LogP) is 5.75. The normalized spacial score (nSPS) is 10.7. The van der Waals surface area contributed by atoms with Gasteiger partial charge >= 0.3 is 0 Å². The summed E-state index contributed by atoms with van der Waals surface area (Å²) in [5.41, 5.74) is 6.17. The molecule has 0 atom stereocenters. The zero-order valence-electron chi connectivity index (χ0n) is 17.0. The van der Waals surface area contributed by atoms with E-state index in [0.717, 1.165) is 21.2 Å². The first kappa shape index (κ1) is 22.3. The molecule has 0 amide bonds. The average molecular weight is 533 g/mol. The standard InChI is InChI=1S/C22H19BrClN5O2S/c1-30-19-10-16(18(23)11-20(19)31-13-14-2-4-17(24)5-3-14)12-26-29-21(27-28-22(29)32)15-6-8-25-9-7-15/h2-11,26H,12-13H2,1H3,(H,28,32). The molecule has 2 N–H and O–H groups in total. The Morgan fingerprint density at radius 3 is 2.59 bits per heavy atom. The van der Waals surface area contributed by atoms with Crippen LogP contribution in [0.5, 0.6) is 11.5 Å². The number of pyridine rings is 1. The van der Waals surface area contributed by atoms with Crippen molar-refractivity contribution in [1.82, 2.24) is 19.9 Å². The maximum absolute atomic E-state index is 5.97. The van der Waals surface area contributed by atoms with Crippen molar-refractivity contribution in [2.75, 3.05) is 12.5 Å². The van der Waals surface area contributed by atoms with Gasteiger partial charge in [-0.25, -0.2) is 9.77 Å². The number of benzene rings is 2. The number of H-pyrrole nitrogens is 1. The van der Waals surface area contributed by atoms with Gasteiger partial charge in [0.25, 0.3) is 0 Å². The summed E-state index contributed by atoms with van der Waals surface area (Å²) in [6, 6.07) is 15.1.